The van der Waals surface area contributed by atoms with Gasteiger partial charge in [0.1, 0.15) is 18.1 Å². The van der Waals surface area contributed by atoms with Crippen molar-refractivity contribution in [3.63, 3.8) is 0 Å². The summed E-state index contributed by atoms with van der Waals surface area (Å²) in [6.07, 6.45) is 2.84. The third kappa shape index (κ3) is 5.01. The Bertz CT molecular complexity index is 420. The third-order valence-electron chi connectivity index (χ3n) is 1.87. The third-order valence-corrected chi connectivity index (χ3v) is 1.87. The molecule has 1 aromatic rings. The zero-order valence-corrected chi connectivity index (χ0v) is 9.86. The van der Waals surface area contributed by atoms with Gasteiger partial charge >= 0.3 is 5.97 Å². The maximum atomic E-state index is 11.3. The van der Waals surface area contributed by atoms with Crippen molar-refractivity contribution in [3.8, 4) is 0 Å². The van der Waals surface area contributed by atoms with Crippen molar-refractivity contribution < 1.29 is 18.7 Å². The molecule has 0 atom stereocenters. The van der Waals surface area contributed by atoms with E-state index in [2.05, 4.69) is 10.1 Å². The lowest BCUT2D eigenvalue weighted by Gasteiger charge is -2.01. The fraction of sp³-hybridized carbons (Fsp3) is 0.333. The average Bonchev–Trinajstić information content (AvgIpc) is 2.70. The number of ether oxygens (including phenoxy) is 1. The van der Waals surface area contributed by atoms with Crippen LogP contribution in [-0.4, -0.2) is 25.0 Å². The van der Waals surface area contributed by atoms with Gasteiger partial charge in [0.2, 0.25) is 5.91 Å². The van der Waals surface area contributed by atoms with E-state index in [-0.39, 0.29) is 12.5 Å². The summed E-state index contributed by atoms with van der Waals surface area (Å²) in [6, 6.07) is 3.56. The van der Waals surface area contributed by atoms with E-state index in [4.69, 9.17) is 4.42 Å². The van der Waals surface area contributed by atoms with Gasteiger partial charge in [0.05, 0.1) is 6.61 Å². The van der Waals surface area contributed by atoms with Crippen LogP contribution in [0.1, 0.15) is 18.4 Å². The fourth-order valence-electron chi connectivity index (χ4n) is 1.13. The molecule has 0 fully saturated rings. The minimum absolute atomic E-state index is 0.131. The van der Waals surface area contributed by atoms with Gasteiger partial charge in [0.25, 0.3) is 0 Å². The van der Waals surface area contributed by atoms with E-state index in [1.165, 1.54) is 12.2 Å². The molecular formula is C12H15NO4. The number of carbonyl (C=O) groups excluding carboxylic acids is 2. The lowest BCUT2D eigenvalue weighted by molar-refractivity contribution is -0.143. The Morgan fingerprint density at radius 3 is 2.82 bits per heavy atom. The van der Waals surface area contributed by atoms with Gasteiger partial charge in [-0.3, -0.25) is 9.59 Å². The van der Waals surface area contributed by atoms with E-state index in [9.17, 15) is 9.59 Å². The molecule has 1 amide bonds. The number of esters is 1. The molecule has 0 saturated heterocycles. The number of aryl methyl sites for hydroxylation is 1. The summed E-state index contributed by atoms with van der Waals surface area (Å²) in [4.78, 5) is 22.2. The molecule has 0 aromatic carbocycles. The highest BCUT2D eigenvalue weighted by atomic mass is 16.5. The van der Waals surface area contributed by atoms with Gasteiger partial charge in [-0.05, 0) is 32.1 Å². The predicted octanol–water partition coefficient (Wildman–Crippen LogP) is 1.28. The maximum absolute atomic E-state index is 11.3. The first-order chi connectivity index (χ1) is 8.11. The molecule has 1 aromatic heterocycles. The molecule has 0 aliphatic rings. The molecule has 0 bridgehead atoms. The van der Waals surface area contributed by atoms with Crippen LogP contribution in [-0.2, 0) is 14.3 Å². The topological polar surface area (TPSA) is 68.5 Å². The zero-order valence-electron chi connectivity index (χ0n) is 9.86. The Hall–Kier alpha value is -2.04. The van der Waals surface area contributed by atoms with Crippen molar-refractivity contribution in [2.75, 3.05) is 13.2 Å². The molecule has 0 aliphatic heterocycles. The second kappa shape index (κ2) is 6.52. The highest BCUT2D eigenvalue weighted by Gasteiger charge is 2.03. The van der Waals surface area contributed by atoms with Gasteiger partial charge < -0.3 is 14.5 Å². The van der Waals surface area contributed by atoms with Crippen LogP contribution in [0.5, 0.6) is 0 Å². The fourth-order valence-corrected chi connectivity index (χ4v) is 1.13. The molecular weight excluding hydrogens is 222 g/mol. The van der Waals surface area contributed by atoms with Crippen molar-refractivity contribution in [3.05, 3.63) is 29.7 Å². The zero-order chi connectivity index (χ0) is 12.7. The van der Waals surface area contributed by atoms with Gasteiger partial charge in [-0.1, -0.05) is 0 Å². The number of furan rings is 1. The monoisotopic (exact) mass is 237 g/mol. The van der Waals surface area contributed by atoms with Crippen LogP contribution >= 0.6 is 0 Å². The van der Waals surface area contributed by atoms with Crippen molar-refractivity contribution in [1.82, 2.24) is 5.32 Å². The second-order valence-corrected chi connectivity index (χ2v) is 3.30. The molecule has 0 saturated carbocycles. The first-order valence-corrected chi connectivity index (χ1v) is 5.29. The molecule has 17 heavy (non-hydrogen) atoms. The molecule has 1 rings (SSSR count). The van der Waals surface area contributed by atoms with E-state index in [0.29, 0.717) is 12.4 Å². The molecule has 1 heterocycles. The second-order valence-electron chi connectivity index (χ2n) is 3.30. The predicted molar refractivity (Wildman–Crippen MR) is 62.1 cm³/mol. The van der Waals surface area contributed by atoms with Crippen molar-refractivity contribution in [2.24, 2.45) is 0 Å². The molecule has 0 unspecified atom stereocenters. The summed E-state index contributed by atoms with van der Waals surface area (Å²) in [6.45, 7) is 3.70. The summed E-state index contributed by atoms with van der Waals surface area (Å²) < 4.78 is 9.90. The number of amides is 1. The van der Waals surface area contributed by atoms with Crippen LogP contribution in [0.2, 0.25) is 0 Å². The number of carbonyl (C=O) groups is 2. The van der Waals surface area contributed by atoms with Crippen LogP contribution < -0.4 is 5.32 Å². The Balaban J connectivity index is 2.34. The number of nitrogens with one attached hydrogen (secondary N) is 1. The van der Waals surface area contributed by atoms with Crippen LogP contribution in [0.4, 0.5) is 0 Å². The van der Waals surface area contributed by atoms with E-state index < -0.39 is 5.97 Å². The molecule has 0 aliphatic carbocycles. The average molecular weight is 237 g/mol. The molecule has 0 radical (unpaired) electrons. The van der Waals surface area contributed by atoms with Gasteiger partial charge in [-0.25, -0.2) is 0 Å². The summed E-state index contributed by atoms with van der Waals surface area (Å²) in [7, 11) is 0. The molecule has 92 valence electrons. The van der Waals surface area contributed by atoms with Crippen molar-refractivity contribution in [1.29, 1.82) is 0 Å². The molecule has 1 N–H and O–H groups in total. The minimum Gasteiger partial charge on any atom is -0.465 e. The van der Waals surface area contributed by atoms with Gasteiger partial charge in [-0.15, -0.1) is 0 Å². The van der Waals surface area contributed by atoms with E-state index in [1.807, 2.05) is 6.92 Å². The van der Waals surface area contributed by atoms with Crippen LogP contribution in [0.15, 0.2) is 22.6 Å². The highest BCUT2D eigenvalue weighted by Crippen LogP contribution is 2.07. The molecule has 0 spiro atoms. The van der Waals surface area contributed by atoms with Crippen LogP contribution in [0.25, 0.3) is 6.08 Å². The quantitative estimate of drug-likeness (QED) is 0.618. The standard InChI is InChI=1S/C12H15NO4/c1-3-16-12(15)8-13-11(14)7-6-10-5-4-9(2)17-10/h4-7H,3,8H2,1-2H3,(H,13,14). The van der Waals surface area contributed by atoms with E-state index >= 15 is 0 Å². The number of hydrogen-bond acceptors (Lipinski definition) is 4. The van der Waals surface area contributed by atoms with Crippen molar-refractivity contribution in [2.45, 2.75) is 13.8 Å². The normalized spacial score (nSPS) is 10.5. The van der Waals surface area contributed by atoms with Gasteiger partial charge in [-0.2, -0.15) is 0 Å². The minimum atomic E-state index is -0.455. The lowest BCUT2D eigenvalue weighted by Crippen LogP contribution is -2.29. The maximum Gasteiger partial charge on any atom is 0.325 e. The smallest absolute Gasteiger partial charge is 0.325 e. The first kappa shape index (κ1) is 13.0. The van der Waals surface area contributed by atoms with E-state index in [1.54, 1.807) is 19.1 Å². The summed E-state index contributed by atoms with van der Waals surface area (Å²) in [5, 5.41) is 2.40. The van der Waals surface area contributed by atoms with Crippen LogP contribution in [0.3, 0.4) is 0 Å². The lowest BCUT2D eigenvalue weighted by atomic mass is 10.4. The molecule has 5 nitrogen and oxygen atoms in total. The van der Waals surface area contributed by atoms with E-state index in [0.717, 1.165) is 5.76 Å². The van der Waals surface area contributed by atoms with Gasteiger partial charge in [0, 0.05) is 6.08 Å². The van der Waals surface area contributed by atoms with Crippen LogP contribution in [0, 0.1) is 6.92 Å². The number of rotatable bonds is 5. The molecule has 5 heteroatoms. The Morgan fingerprint density at radius 2 is 2.24 bits per heavy atom. The number of hydrogen-bond donors (Lipinski definition) is 1. The summed E-state index contributed by atoms with van der Waals surface area (Å²) in [5.41, 5.74) is 0. The highest BCUT2D eigenvalue weighted by molar-refractivity contribution is 5.93. The summed E-state index contributed by atoms with van der Waals surface area (Å²) >= 11 is 0. The SMILES string of the molecule is CCOC(=O)CNC(=O)C=Cc1ccc(C)o1. The Morgan fingerprint density at radius 1 is 1.47 bits per heavy atom. The summed E-state index contributed by atoms with van der Waals surface area (Å²) in [5.74, 6) is 0.542. The van der Waals surface area contributed by atoms with Gasteiger partial charge in [0.15, 0.2) is 0 Å². The Labute approximate surface area is 99.4 Å². The first-order valence-electron chi connectivity index (χ1n) is 5.29. The van der Waals surface area contributed by atoms with Crippen molar-refractivity contribution >= 4 is 18.0 Å². The Kier molecular flexibility index (Phi) is 5.00. The largest absolute Gasteiger partial charge is 0.465 e.